The maximum absolute atomic E-state index is 13.7. The van der Waals surface area contributed by atoms with Crippen molar-refractivity contribution in [2.45, 2.75) is 83.8 Å². The molecule has 0 aliphatic carbocycles. The maximum atomic E-state index is 13.7. The molecule has 264 valence electrons. The molecule has 10 nitrogen and oxygen atoms in total. The first-order valence-corrected chi connectivity index (χ1v) is 17.8. The molecule has 2 aromatic carbocycles. The minimum atomic E-state index is -0.691. The van der Waals surface area contributed by atoms with E-state index in [9.17, 15) is 9.59 Å². The Morgan fingerprint density at radius 1 is 0.941 bits per heavy atom. The molecule has 0 saturated carbocycles. The van der Waals surface area contributed by atoms with Crippen LogP contribution < -0.4 is 10.6 Å². The third-order valence-electron chi connectivity index (χ3n) is 9.67. The molecule has 0 spiro atoms. The molecular weight excluding hydrogens is 638 g/mol. The Hall–Kier alpha value is -5.32. The summed E-state index contributed by atoms with van der Waals surface area (Å²) in [5.74, 6) is 13.9. The van der Waals surface area contributed by atoms with E-state index in [1.807, 2.05) is 37.1 Å². The van der Waals surface area contributed by atoms with Gasteiger partial charge in [-0.1, -0.05) is 70.9 Å². The largest absolute Gasteiger partial charge is 0.453 e. The van der Waals surface area contributed by atoms with Crippen LogP contribution in [0.2, 0.25) is 0 Å². The molecule has 2 fully saturated rings. The molecule has 6 rings (SSSR count). The van der Waals surface area contributed by atoms with Crippen LogP contribution in [0, 0.1) is 29.6 Å². The van der Waals surface area contributed by atoms with Gasteiger partial charge in [-0.2, -0.15) is 0 Å². The van der Waals surface area contributed by atoms with E-state index in [0.29, 0.717) is 6.54 Å². The summed E-state index contributed by atoms with van der Waals surface area (Å²) in [4.78, 5) is 43.6. The average Bonchev–Trinajstić information content (AvgIpc) is 3.95. The van der Waals surface area contributed by atoms with Crippen molar-refractivity contribution in [2.24, 2.45) is 5.92 Å². The summed E-state index contributed by atoms with van der Waals surface area (Å²) >= 11 is 0. The van der Waals surface area contributed by atoms with E-state index in [4.69, 9.17) is 9.72 Å². The highest BCUT2D eigenvalue weighted by atomic mass is 16.5. The van der Waals surface area contributed by atoms with E-state index in [0.717, 1.165) is 77.5 Å². The lowest BCUT2D eigenvalue weighted by atomic mass is 9.86. The normalized spacial score (nSPS) is 17.7. The van der Waals surface area contributed by atoms with Gasteiger partial charge in [0.25, 0.3) is 0 Å². The monoisotopic (exact) mass is 685 g/mol. The van der Waals surface area contributed by atoms with Crippen LogP contribution in [-0.2, 0) is 14.9 Å². The van der Waals surface area contributed by atoms with E-state index in [1.54, 1.807) is 6.20 Å². The molecule has 2 saturated heterocycles. The van der Waals surface area contributed by atoms with Gasteiger partial charge in [-0.05, 0) is 90.1 Å². The van der Waals surface area contributed by atoms with Crippen molar-refractivity contribution in [1.29, 1.82) is 0 Å². The Bertz CT molecular complexity index is 1990. The predicted octanol–water partition coefficient (Wildman–Crippen LogP) is 6.64. The van der Waals surface area contributed by atoms with E-state index >= 15 is 0 Å². The molecule has 4 heterocycles. The van der Waals surface area contributed by atoms with E-state index in [2.05, 4.69) is 100 Å². The zero-order chi connectivity index (χ0) is 36.1. The zero-order valence-electron chi connectivity index (χ0n) is 30.3. The Morgan fingerprint density at radius 2 is 1.69 bits per heavy atom. The number of aromatic nitrogens is 4. The molecular formula is C41H47N7O3. The number of methoxy groups -OCH3 is 1. The second-order valence-corrected chi connectivity index (χ2v) is 14.6. The molecule has 2 aliphatic rings. The molecule has 0 radical (unpaired) electrons. The molecule has 2 amide bonds. The van der Waals surface area contributed by atoms with Gasteiger partial charge in [0.1, 0.15) is 23.4 Å². The maximum Gasteiger partial charge on any atom is 0.407 e. The first kappa shape index (κ1) is 35.5. The second-order valence-electron chi connectivity index (χ2n) is 14.6. The van der Waals surface area contributed by atoms with Gasteiger partial charge in [0, 0.05) is 17.7 Å². The van der Waals surface area contributed by atoms with Gasteiger partial charge in [-0.3, -0.25) is 4.79 Å². The van der Waals surface area contributed by atoms with Crippen LogP contribution in [0.1, 0.15) is 101 Å². The summed E-state index contributed by atoms with van der Waals surface area (Å²) in [6, 6.07) is 14.2. The lowest BCUT2D eigenvalue weighted by molar-refractivity contribution is -0.135. The summed E-state index contributed by atoms with van der Waals surface area (Å²) in [5, 5.41) is 6.17. The van der Waals surface area contributed by atoms with Gasteiger partial charge in [-0.15, -0.1) is 0 Å². The number of rotatable bonds is 7. The topological polar surface area (TPSA) is 128 Å². The Kier molecular flexibility index (Phi) is 10.6. The van der Waals surface area contributed by atoms with Gasteiger partial charge in [0.2, 0.25) is 5.91 Å². The predicted molar refractivity (Wildman–Crippen MR) is 198 cm³/mol. The third-order valence-corrected chi connectivity index (χ3v) is 9.67. The Labute approximate surface area is 300 Å². The highest BCUT2D eigenvalue weighted by Gasteiger charge is 2.37. The minimum Gasteiger partial charge on any atom is -0.453 e. The molecule has 4 N–H and O–H groups in total. The third kappa shape index (κ3) is 8.19. The van der Waals surface area contributed by atoms with Crippen molar-refractivity contribution in [2.75, 3.05) is 20.2 Å². The van der Waals surface area contributed by atoms with Crippen LogP contribution in [0.15, 0.2) is 54.9 Å². The molecule has 10 heteroatoms. The first-order valence-electron chi connectivity index (χ1n) is 17.8. The van der Waals surface area contributed by atoms with Crippen LogP contribution in [0.4, 0.5) is 4.79 Å². The summed E-state index contributed by atoms with van der Waals surface area (Å²) in [6.45, 7) is 12.0. The number of likely N-dealkylation sites (tertiary alicyclic amines) is 1. The number of ether oxygens (including phenoxy) is 1. The highest BCUT2D eigenvalue weighted by Crippen LogP contribution is 2.35. The second kappa shape index (κ2) is 15.3. The van der Waals surface area contributed by atoms with E-state index in [1.165, 1.54) is 12.7 Å². The van der Waals surface area contributed by atoms with Crippen molar-refractivity contribution >= 4 is 12.0 Å². The van der Waals surface area contributed by atoms with Gasteiger partial charge in [-0.25, -0.2) is 14.8 Å². The van der Waals surface area contributed by atoms with Crippen LogP contribution >= 0.6 is 0 Å². The van der Waals surface area contributed by atoms with Gasteiger partial charge in [0.15, 0.2) is 0 Å². The summed E-state index contributed by atoms with van der Waals surface area (Å²) in [6.07, 6.45) is 6.81. The fourth-order valence-corrected chi connectivity index (χ4v) is 6.75. The van der Waals surface area contributed by atoms with Crippen LogP contribution in [0.25, 0.3) is 22.4 Å². The Balaban J connectivity index is 1.28. The van der Waals surface area contributed by atoms with E-state index < -0.39 is 12.1 Å². The van der Waals surface area contributed by atoms with Crippen molar-refractivity contribution < 1.29 is 14.3 Å². The minimum absolute atomic E-state index is 0.0331. The lowest BCUT2D eigenvalue weighted by Gasteiger charge is -2.30. The highest BCUT2D eigenvalue weighted by molar-refractivity contribution is 5.86. The smallest absolute Gasteiger partial charge is 0.407 e. The molecule has 4 aromatic rings. The number of alkyl carbamates (subject to hydrolysis) is 1. The van der Waals surface area contributed by atoms with Crippen molar-refractivity contribution in [1.82, 2.24) is 35.5 Å². The van der Waals surface area contributed by atoms with Crippen LogP contribution in [0.5, 0.6) is 0 Å². The fourth-order valence-electron chi connectivity index (χ4n) is 6.75. The zero-order valence-corrected chi connectivity index (χ0v) is 30.3. The number of benzene rings is 2. The SMILES string of the molecule is COC(=O)N[C@H](C(=O)N1CCC[C@H]1c1ncc(-c2ccc(C#CC#Cc3cnc(C4CCCN4)[nH]3)c(-c3ccc(C(C)(C)C)cc3)c2)[nH]1)C(C)C. The molecule has 3 atom stereocenters. The quantitative estimate of drug-likeness (QED) is 0.162. The number of carbonyl (C=O) groups is 2. The number of hydrogen-bond acceptors (Lipinski definition) is 6. The first-order chi connectivity index (χ1) is 24.5. The number of nitrogens with one attached hydrogen (secondary N) is 4. The number of H-pyrrole nitrogens is 2. The number of aromatic amines is 2. The molecule has 1 unspecified atom stereocenters. The summed E-state index contributed by atoms with van der Waals surface area (Å²) in [7, 11) is 1.30. The lowest BCUT2D eigenvalue weighted by Crippen LogP contribution is -2.51. The number of amides is 2. The van der Waals surface area contributed by atoms with Crippen molar-refractivity contribution in [3.63, 3.8) is 0 Å². The molecule has 0 bridgehead atoms. The molecule has 51 heavy (non-hydrogen) atoms. The summed E-state index contributed by atoms with van der Waals surface area (Å²) in [5.41, 5.74) is 6.73. The van der Waals surface area contributed by atoms with E-state index in [-0.39, 0.29) is 29.3 Å². The van der Waals surface area contributed by atoms with Crippen molar-refractivity contribution in [3.8, 4) is 46.1 Å². The van der Waals surface area contributed by atoms with Crippen LogP contribution in [0.3, 0.4) is 0 Å². The van der Waals surface area contributed by atoms with Gasteiger partial charge < -0.3 is 30.2 Å². The number of nitrogens with zero attached hydrogens (tertiary/aromatic N) is 3. The average molecular weight is 686 g/mol. The number of hydrogen-bond donors (Lipinski definition) is 4. The number of carbonyl (C=O) groups excluding carboxylic acids is 2. The Morgan fingerprint density at radius 3 is 2.39 bits per heavy atom. The van der Waals surface area contributed by atoms with Crippen LogP contribution in [-0.4, -0.2) is 63.1 Å². The number of imidazole rings is 2. The van der Waals surface area contributed by atoms with Gasteiger partial charge >= 0.3 is 6.09 Å². The molecule has 2 aromatic heterocycles. The van der Waals surface area contributed by atoms with Crippen molar-refractivity contribution in [3.05, 3.63) is 83.3 Å². The fraction of sp³-hybridized carbons (Fsp3) is 0.415. The van der Waals surface area contributed by atoms with Gasteiger partial charge in [0.05, 0.1) is 37.3 Å². The summed E-state index contributed by atoms with van der Waals surface area (Å²) < 4.78 is 4.78. The molecule has 2 aliphatic heterocycles. The standard InChI is InChI=1S/C41H47N7O3/c1-26(2)36(47-40(50)51-6)39(49)48-22-10-14-35(48)38-44-25-34(46-38)29-16-15-27(32(23-29)28-17-19-30(20-18-28)41(3,4)5)11-7-8-12-31-24-43-37(45-31)33-13-9-21-42-33/h15-20,23-26,33,35-36,42H,9-10,13-14,21-22H2,1-6H3,(H,43,45)(H,44,46)(H,47,50)/t33?,35-,36-/m0/s1.